The lowest BCUT2D eigenvalue weighted by molar-refractivity contribution is 0.125. The Bertz CT molecular complexity index is 324. The summed E-state index contributed by atoms with van der Waals surface area (Å²) in [6.07, 6.45) is 5.49. The highest BCUT2D eigenvalue weighted by Gasteiger charge is 2.33. The number of nitrogens with zero attached hydrogens (tertiary/aromatic N) is 1. The minimum atomic E-state index is 0.129. The van der Waals surface area contributed by atoms with E-state index in [-0.39, 0.29) is 5.41 Å². The maximum absolute atomic E-state index is 5.30. The van der Waals surface area contributed by atoms with Crippen LogP contribution in [0.2, 0.25) is 0 Å². The molecular weight excluding hydrogens is 174 g/mol. The lowest BCUT2D eigenvalue weighted by atomic mass is 9.75. The predicted octanol–water partition coefficient (Wildman–Crippen LogP) is 2.32. The van der Waals surface area contributed by atoms with Gasteiger partial charge in [0.2, 0.25) is 0 Å². The molecule has 1 heterocycles. The second kappa shape index (κ2) is 3.70. The van der Waals surface area contributed by atoms with Crippen molar-refractivity contribution in [3.05, 3.63) is 29.6 Å². The molecule has 1 aromatic heterocycles. The number of hydrogen-bond acceptors (Lipinski definition) is 2. The van der Waals surface area contributed by atoms with Gasteiger partial charge in [-0.25, -0.2) is 0 Å². The zero-order chi connectivity index (χ0) is 10.0. The summed E-state index contributed by atoms with van der Waals surface area (Å²) in [7, 11) is 1.77. The molecule has 0 saturated carbocycles. The van der Waals surface area contributed by atoms with E-state index in [9.17, 15) is 0 Å². The highest BCUT2D eigenvalue weighted by molar-refractivity contribution is 5.30. The number of rotatable bonds is 2. The number of aryl methyl sites for hydroxylation is 1. The van der Waals surface area contributed by atoms with Gasteiger partial charge in [0.05, 0.1) is 12.3 Å². The summed E-state index contributed by atoms with van der Waals surface area (Å²) in [5, 5.41) is 0. The Labute approximate surface area is 85.3 Å². The van der Waals surface area contributed by atoms with Crippen molar-refractivity contribution in [3.8, 4) is 0 Å². The fraction of sp³-hybridized carbons (Fsp3) is 0.583. The third-order valence-corrected chi connectivity index (χ3v) is 3.10. The molecule has 0 aliphatic heterocycles. The second-order valence-corrected chi connectivity index (χ2v) is 4.36. The summed E-state index contributed by atoms with van der Waals surface area (Å²) < 4.78 is 5.30. The van der Waals surface area contributed by atoms with Crippen LogP contribution in [0.1, 0.15) is 31.0 Å². The van der Waals surface area contributed by atoms with Crippen LogP contribution in [0.5, 0.6) is 0 Å². The zero-order valence-electron chi connectivity index (χ0n) is 8.92. The van der Waals surface area contributed by atoms with Crippen molar-refractivity contribution in [2.24, 2.45) is 0 Å². The summed E-state index contributed by atoms with van der Waals surface area (Å²) >= 11 is 0. The molecule has 0 radical (unpaired) electrons. The lowest BCUT2D eigenvalue weighted by Gasteiger charge is -2.33. The van der Waals surface area contributed by atoms with Gasteiger partial charge in [0, 0.05) is 18.7 Å². The van der Waals surface area contributed by atoms with Gasteiger partial charge in [-0.1, -0.05) is 13.0 Å². The fourth-order valence-electron chi connectivity index (χ4n) is 2.43. The molecule has 0 bridgehead atoms. The fourth-order valence-corrected chi connectivity index (χ4v) is 2.43. The van der Waals surface area contributed by atoms with Crippen molar-refractivity contribution >= 4 is 0 Å². The Morgan fingerprint density at radius 2 is 2.43 bits per heavy atom. The van der Waals surface area contributed by atoms with Gasteiger partial charge in [-0.05, 0) is 30.9 Å². The van der Waals surface area contributed by atoms with Crippen LogP contribution in [-0.2, 0) is 16.6 Å². The molecule has 0 fully saturated rings. The Kier molecular flexibility index (Phi) is 2.55. The summed E-state index contributed by atoms with van der Waals surface area (Å²) in [6.45, 7) is 3.03. The van der Waals surface area contributed by atoms with E-state index in [0.717, 1.165) is 6.61 Å². The smallest absolute Gasteiger partial charge is 0.0571 e. The van der Waals surface area contributed by atoms with Gasteiger partial charge < -0.3 is 4.74 Å². The van der Waals surface area contributed by atoms with E-state index in [1.165, 1.54) is 30.5 Å². The van der Waals surface area contributed by atoms with Crippen LogP contribution < -0.4 is 0 Å². The van der Waals surface area contributed by atoms with E-state index in [0.29, 0.717) is 0 Å². The van der Waals surface area contributed by atoms with Gasteiger partial charge in [-0.3, -0.25) is 4.98 Å². The molecule has 14 heavy (non-hydrogen) atoms. The average Bonchev–Trinajstić information content (AvgIpc) is 2.19. The molecule has 1 aromatic rings. The van der Waals surface area contributed by atoms with Crippen LogP contribution in [0.25, 0.3) is 0 Å². The molecule has 0 amide bonds. The van der Waals surface area contributed by atoms with Crippen LogP contribution >= 0.6 is 0 Å². The first-order chi connectivity index (χ1) is 6.76. The van der Waals surface area contributed by atoms with Crippen LogP contribution in [-0.4, -0.2) is 18.7 Å². The predicted molar refractivity (Wildman–Crippen MR) is 56.4 cm³/mol. The zero-order valence-corrected chi connectivity index (χ0v) is 8.92. The molecule has 2 rings (SSSR count). The Hall–Kier alpha value is -0.890. The molecule has 0 N–H and O–H groups in total. The topological polar surface area (TPSA) is 22.1 Å². The minimum Gasteiger partial charge on any atom is -0.384 e. The number of aromatic nitrogens is 1. The van der Waals surface area contributed by atoms with E-state index < -0.39 is 0 Å². The molecule has 2 nitrogen and oxygen atoms in total. The van der Waals surface area contributed by atoms with E-state index in [1.807, 2.05) is 12.3 Å². The first-order valence-corrected chi connectivity index (χ1v) is 5.19. The van der Waals surface area contributed by atoms with Crippen molar-refractivity contribution in [1.82, 2.24) is 4.98 Å². The van der Waals surface area contributed by atoms with Gasteiger partial charge in [-0.2, -0.15) is 0 Å². The van der Waals surface area contributed by atoms with Crippen molar-refractivity contribution in [2.75, 3.05) is 13.7 Å². The quantitative estimate of drug-likeness (QED) is 0.715. The second-order valence-electron chi connectivity index (χ2n) is 4.36. The molecule has 1 aliphatic carbocycles. The Morgan fingerprint density at radius 1 is 1.57 bits per heavy atom. The summed E-state index contributed by atoms with van der Waals surface area (Å²) in [6, 6.07) is 4.22. The number of pyridine rings is 1. The summed E-state index contributed by atoms with van der Waals surface area (Å²) in [5.41, 5.74) is 2.77. The minimum absolute atomic E-state index is 0.129. The van der Waals surface area contributed by atoms with Gasteiger partial charge >= 0.3 is 0 Å². The largest absolute Gasteiger partial charge is 0.384 e. The Morgan fingerprint density at radius 3 is 3.21 bits per heavy atom. The molecule has 76 valence electrons. The maximum atomic E-state index is 5.30. The molecule has 0 spiro atoms. The third-order valence-electron chi connectivity index (χ3n) is 3.10. The molecule has 0 saturated heterocycles. The van der Waals surface area contributed by atoms with E-state index in [2.05, 4.69) is 18.0 Å². The Balaban J connectivity index is 2.39. The number of hydrogen-bond donors (Lipinski definition) is 0. The number of methoxy groups -OCH3 is 1. The highest BCUT2D eigenvalue weighted by Crippen LogP contribution is 2.35. The van der Waals surface area contributed by atoms with Crippen molar-refractivity contribution < 1.29 is 4.74 Å². The molecule has 0 aromatic carbocycles. The standard InChI is InChI=1S/C12H17NO/c1-12(9-14-2)7-3-5-10-6-4-8-13-11(10)12/h4,6,8H,3,5,7,9H2,1-2H3/t12-/m0/s1. The molecule has 2 heteroatoms. The van der Waals surface area contributed by atoms with Crippen LogP contribution in [0.3, 0.4) is 0 Å². The van der Waals surface area contributed by atoms with Gasteiger partial charge in [0.25, 0.3) is 0 Å². The van der Waals surface area contributed by atoms with Gasteiger partial charge in [0.15, 0.2) is 0 Å². The first-order valence-electron chi connectivity index (χ1n) is 5.19. The third kappa shape index (κ3) is 1.55. The van der Waals surface area contributed by atoms with Crippen LogP contribution in [0.15, 0.2) is 18.3 Å². The van der Waals surface area contributed by atoms with Crippen LogP contribution in [0.4, 0.5) is 0 Å². The van der Waals surface area contributed by atoms with E-state index >= 15 is 0 Å². The summed E-state index contributed by atoms with van der Waals surface area (Å²) in [5.74, 6) is 0. The maximum Gasteiger partial charge on any atom is 0.0571 e. The highest BCUT2D eigenvalue weighted by atomic mass is 16.5. The van der Waals surface area contributed by atoms with Gasteiger partial charge in [0.1, 0.15) is 0 Å². The first kappa shape index (κ1) is 9.66. The molecular formula is C12H17NO. The number of ether oxygens (including phenoxy) is 1. The monoisotopic (exact) mass is 191 g/mol. The SMILES string of the molecule is COC[C@]1(C)CCCc2cccnc21. The normalized spacial score (nSPS) is 25.9. The average molecular weight is 191 g/mol. The number of fused-ring (bicyclic) bond motifs is 1. The van der Waals surface area contributed by atoms with E-state index in [4.69, 9.17) is 4.74 Å². The van der Waals surface area contributed by atoms with Crippen LogP contribution in [0, 0.1) is 0 Å². The molecule has 1 atom stereocenters. The van der Waals surface area contributed by atoms with E-state index in [1.54, 1.807) is 7.11 Å². The van der Waals surface area contributed by atoms with Crippen molar-refractivity contribution in [3.63, 3.8) is 0 Å². The summed E-state index contributed by atoms with van der Waals surface area (Å²) in [4.78, 5) is 4.51. The lowest BCUT2D eigenvalue weighted by Crippen LogP contribution is -2.33. The van der Waals surface area contributed by atoms with Crippen molar-refractivity contribution in [1.29, 1.82) is 0 Å². The van der Waals surface area contributed by atoms with Gasteiger partial charge in [-0.15, -0.1) is 0 Å². The van der Waals surface area contributed by atoms with Crippen molar-refractivity contribution in [2.45, 2.75) is 31.6 Å². The molecule has 0 unspecified atom stereocenters. The molecule has 1 aliphatic rings.